The molecule has 0 fully saturated rings. The number of pyridine rings is 1. The molecule has 3 nitrogen and oxygen atoms in total. The van der Waals surface area contributed by atoms with Gasteiger partial charge in [0.1, 0.15) is 6.07 Å². The van der Waals surface area contributed by atoms with Crippen LogP contribution in [0.2, 0.25) is 0 Å². The van der Waals surface area contributed by atoms with Crippen LogP contribution in [-0.2, 0) is 0 Å². The van der Waals surface area contributed by atoms with Gasteiger partial charge in [0.15, 0.2) is 11.4 Å². The predicted octanol–water partition coefficient (Wildman–Crippen LogP) is 1.90. The van der Waals surface area contributed by atoms with Crippen molar-refractivity contribution in [3.8, 4) is 11.8 Å². The molecule has 13 heavy (non-hydrogen) atoms. The number of ether oxygens (including phenoxy) is 1. The van der Waals surface area contributed by atoms with E-state index in [0.717, 1.165) is 12.3 Å². The lowest BCUT2D eigenvalue weighted by Crippen LogP contribution is -1.97. The van der Waals surface area contributed by atoms with Crippen LogP contribution in [-0.4, -0.2) is 12.1 Å². The van der Waals surface area contributed by atoms with Crippen molar-refractivity contribution in [1.29, 1.82) is 5.26 Å². The number of aromatic nitrogens is 1. The highest BCUT2D eigenvalue weighted by atomic mass is 19.3. The summed E-state index contributed by atoms with van der Waals surface area (Å²) in [4.78, 5) is 3.59. The van der Waals surface area contributed by atoms with Gasteiger partial charge in [0.2, 0.25) is 0 Å². The summed E-state index contributed by atoms with van der Waals surface area (Å²) in [6, 6.07) is 2.80. The van der Waals surface area contributed by atoms with Crippen LogP contribution in [0.5, 0.6) is 5.75 Å². The van der Waals surface area contributed by atoms with Crippen LogP contribution in [0, 0.1) is 11.3 Å². The lowest BCUT2D eigenvalue weighted by Gasteiger charge is -2.07. The van der Waals surface area contributed by atoms with Crippen molar-refractivity contribution in [2.45, 2.75) is 6.43 Å². The molecular weight excluding hydrogens is 178 g/mol. The van der Waals surface area contributed by atoms with Gasteiger partial charge in [0, 0.05) is 6.20 Å². The molecule has 0 atom stereocenters. The number of alkyl halides is 2. The number of nitriles is 1. The first-order valence-corrected chi connectivity index (χ1v) is 3.41. The lowest BCUT2D eigenvalue weighted by atomic mass is 10.2. The zero-order valence-corrected chi connectivity index (χ0v) is 6.79. The molecule has 0 aliphatic heterocycles. The number of methoxy groups -OCH3 is 1. The van der Waals surface area contributed by atoms with Crippen LogP contribution in [0.1, 0.15) is 17.7 Å². The summed E-state index contributed by atoms with van der Waals surface area (Å²) in [6.45, 7) is 0. The Morgan fingerprint density at radius 3 is 2.77 bits per heavy atom. The van der Waals surface area contributed by atoms with E-state index >= 15 is 0 Å². The fraction of sp³-hybridized carbons (Fsp3) is 0.250. The number of halogens is 2. The monoisotopic (exact) mass is 184 g/mol. The summed E-state index contributed by atoms with van der Waals surface area (Å²) < 4.78 is 29.3. The molecule has 0 amide bonds. The normalized spacial score (nSPS) is 9.77. The van der Waals surface area contributed by atoms with Crippen molar-refractivity contribution in [2.24, 2.45) is 0 Å². The van der Waals surface area contributed by atoms with Crippen LogP contribution in [0.25, 0.3) is 0 Å². The minimum atomic E-state index is -2.66. The zero-order valence-electron chi connectivity index (χ0n) is 6.79. The van der Waals surface area contributed by atoms with Gasteiger partial charge in [-0.15, -0.1) is 0 Å². The summed E-state index contributed by atoms with van der Waals surface area (Å²) >= 11 is 0. The third-order valence-corrected chi connectivity index (χ3v) is 1.48. The quantitative estimate of drug-likeness (QED) is 0.705. The van der Waals surface area contributed by atoms with E-state index in [0.29, 0.717) is 0 Å². The van der Waals surface area contributed by atoms with Gasteiger partial charge in [0.05, 0.1) is 12.7 Å². The minimum Gasteiger partial charge on any atom is -0.493 e. The van der Waals surface area contributed by atoms with E-state index in [1.807, 2.05) is 0 Å². The number of rotatable bonds is 2. The van der Waals surface area contributed by atoms with Gasteiger partial charge in [-0.1, -0.05) is 0 Å². The molecule has 1 aromatic heterocycles. The third kappa shape index (κ3) is 1.72. The van der Waals surface area contributed by atoms with Gasteiger partial charge in [-0.05, 0) is 6.07 Å². The van der Waals surface area contributed by atoms with Crippen LogP contribution in [0.15, 0.2) is 12.3 Å². The van der Waals surface area contributed by atoms with Crippen molar-refractivity contribution in [3.63, 3.8) is 0 Å². The molecule has 0 N–H and O–H groups in total. The smallest absolute Gasteiger partial charge is 0.267 e. The molecule has 0 radical (unpaired) electrons. The SMILES string of the molecule is COc1c(C(F)F)ccnc1C#N. The molecule has 1 aromatic rings. The van der Waals surface area contributed by atoms with Gasteiger partial charge < -0.3 is 4.74 Å². The van der Waals surface area contributed by atoms with E-state index < -0.39 is 6.43 Å². The zero-order chi connectivity index (χ0) is 9.84. The molecule has 0 aliphatic rings. The number of hydrogen-bond acceptors (Lipinski definition) is 3. The predicted molar refractivity (Wildman–Crippen MR) is 40.5 cm³/mol. The number of nitrogens with zero attached hydrogens (tertiary/aromatic N) is 2. The first-order valence-electron chi connectivity index (χ1n) is 3.41. The fourth-order valence-electron chi connectivity index (χ4n) is 0.929. The molecule has 0 aromatic carbocycles. The highest BCUT2D eigenvalue weighted by Gasteiger charge is 2.17. The van der Waals surface area contributed by atoms with E-state index in [2.05, 4.69) is 9.72 Å². The standard InChI is InChI=1S/C8H6F2N2O/c1-13-7-5(8(9)10)2-3-12-6(7)4-11/h2-3,8H,1H3. The topological polar surface area (TPSA) is 45.9 Å². The van der Waals surface area contributed by atoms with Gasteiger partial charge in [0.25, 0.3) is 6.43 Å². The summed E-state index contributed by atoms with van der Waals surface area (Å²) in [5.41, 5.74) is -0.436. The van der Waals surface area contributed by atoms with Gasteiger partial charge in [-0.2, -0.15) is 5.26 Å². The van der Waals surface area contributed by atoms with Crippen molar-refractivity contribution in [2.75, 3.05) is 7.11 Å². The molecule has 0 unspecified atom stereocenters. The van der Waals surface area contributed by atoms with Gasteiger partial charge >= 0.3 is 0 Å². The Morgan fingerprint density at radius 2 is 2.31 bits per heavy atom. The molecule has 5 heteroatoms. The van der Waals surface area contributed by atoms with E-state index in [1.165, 1.54) is 7.11 Å². The maximum absolute atomic E-state index is 12.3. The molecular formula is C8H6F2N2O. The number of hydrogen-bond donors (Lipinski definition) is 0. The Hall–Kier alpha value is -1.70. The van der Waals surface area contributed by atoms with Crippen molar-refractivity contribution < 1.29 is 13.5 Å². The molecule has 1 rings (SSSR count). The summed E-state index contributed by atoms with van der Waals surface area (Å²) in [6.07, 6.45) is -1.51. The highest BCUT2D eigenvalue weighted by molar-refractivity contribution is 5.43. The molecule has 0 saturated heterocycles. The Labute approximate surface area is 73.6 Å². The van der Waals surface area contributed by atoms with Gasteiger partial charge in [-0.25, -0.2) is 13.8 Å². The first-order chi connectivity index (χ1) is 6.20. The van der Waals surface area contributed by atoms with Crippen molar-refractivity contribution >= 4 is 0 Å². The fourth-order valence-corrected chi connectivity index (χ4v) is 0.929. The molecule has 0 spiro atoms. The average molecular weight is 184 g/mol. The maximum atomic E-state index is 12.3. The Kier molecular flexibility index (Phi) is 2.75. The summed E-state index contributed by atoms with van der Waals surface area (Å²) in [7, 11) is 1.23. The molecule has 1 heterocycles. The minimum absolute atomic E-state index is 0.125. The van der Waals surface area contributed by atoms with Crippen LogP contribution >= 0.6 is 0 Å². The maximum Gasteiger partial charge on any atom is 0.267 e. The van der Waals surface area contributed by atoms with Crippen LogP contribution < -0.4 is 4.74 Å². The molecule has 0 aliphatic carbocycles. The highest BCUT2D eigenvalue weighted by Crippen LogP contribution is 2.29. The van der Waals surface area contributed by atoms with Crippen molar-refractivity contribution in [1.82, 2.24) is 4.98 Å². The van der Waals surface area contributed by atoms with E-state index in [1.54, 1.807) is 6.07 Å². The van der Waals surface area contributed by atoms with Crippen LogP contribution in [0.4, 0.5) is 8.78 Å². The first kappa shape index (κ1) is 9.39. The molecule has 68 valence electrons. The molecule has 0 bridgehead atoms. The van der Waals surface area contributed by atoms with Gasteiger partial charge in [-0.3, -0.25) is 0 Å². The summed E-state index contributed by atoms with van der Waals surface area (Å²) in [5.74, 6) is -0.153. The Bertz CT molecular complexity index is 346. The largest absolute Gasteiger partial charge is 0.493 e. The second-order valence-electron chi connectivity index (χ2n) is 2.19. The summed E-state index contributed by atoms with van der Waals surface area (Å²) in [5, 5.41) is 8.52. The Morgan fingerprint density at radius 1 is 1.62 bits per heavy atom. The second kappa shape index (κ2) is 3.81. The second-order valence-corrected chi connectivity index (χ2v) is 2.19. The molecule has 0 saturated carbocycles. The lowest BCUT2D eigenvalue weighted by molar-refractivity contribution is 0.147. The third-order valence-electron chi connectivity index (χ3n) is 1.48. The average Bonchev–Trinajstić information content (AvgIpc) is 2.16. The van der Waals surface area contributed by atoms with Crippen LogP contribution in [0.3, 0.4) is 0 Å². The Balaban J connectivity index is 3.29. The van der Waals surface area contributed by atoms with E-state index in [-0.39, 0.29) is 17.0 Å². The van der Waals surface area contributed by atoms with E-state index in [9.17, 15) is 8.78 Å². The van der Waals surface area contributed by atoms with E-state index in [4.69, 9.17) is 5.26 Å². The van der Waals surface area contributed by atoms with Crippen molar-refractivity contribution in [3.05, 3.63) is 23.5 Å².